The average Bonchev–Trinajstić information content (AvgIpc) is 2.82. The average molecular weight is 414 g/mol. The van der Waals surface area contributed by atoms with Gasteiger partial charge in [0.05, 0.1) is 0 Å². The first-order valence-electron chi connectivity index (χ1n) is 6.75. The van der Waals surface area contributed by atoms with Crippen LogP contribution in [0.2, 0.25) is 0 Å². The van der Waals surface area contributed by atoms with Crippen molar-refractivity contribution in [2.75, 3.05) is 7.05 Å². The van der Waals surface area contributed by atoms with Crippen LogP contribution in [0.3, 0.4) is 0 Å². The largest absolute Gasteiger partial charge is 0.340 e. The molecule has 0 aliphatic rings. The van der Waals surface area contributed by atoms with Crippen LogP contribution < -0.4 is 0 Å². The van der Waals surface area contributed by atoms with E-state index >= 15 is 0 Å². The number of nitrogens with zero attached hydrogens (tertiary/aromatic N) is 2. The van der Waals surface area contributed by atoms with Crippen molar-refractivity contribution >= 4 is 37.8 Å². The van der Waals surface area contributed by atoms with Gasteiger partial charge in [-0.25, -0.2) is 0 Å². The summed E-state index contributed by atoms with van der Waals surface area (Å²) in [5, 5.41) is 0. The third kappa shape index (κ3) is 3.98. The number of hydrogen-bond acceptors (Lipinski definition) is 1. The third-order valence-electron chi connectivity index (χ3n) is 3.27. The lowest BCUT2D eigenvalue weighted by molar-refractivity contribution is 0.0772. The molecule has 3 nitrogen and oxygen atoms in total. The van der Waals surface area contributed by atoms with Crippen LogP contribution in [-0.4, -0.2) is 22.4 Å². The molecule has 2 rings (SSSR count). The van der Waals surface area contributed by atoms with Crippen LogP contribution >= 0.6 is 31.9 Å². The molecule has 112 valence electrons. The lowest BCUT2D eigenvalue weighted by Gasteiger charge is -2.20. The minimum atomic E-state index is 0.0253. The first kappa shape index (κ1) is 16.3. The summed E-state index contributed by atoms with van der Waals surface area (Å²) in [6, 6.07) is 10.1. The van der Waals surface area contributed by atoms with Crippen molar-refractivity contribution in [2.24, 2.45) is 0 Å². The maximum atomic E-state index is 12.6. The molecular formula is C16H18Br2N2O. The molecule has 0 aliphatic heterocycles. The molecule has 5 heteroatoms. The van der Waals surface area contributed by atoms with Crippen molar-refractivity contribution in [3.63, 3.8) is 0 Å². The molecule has 0 saturated heterocycles. The molecule has 0 aliphatic carbocycles. The fraction of sp³-hybridized carbons (Fsp3) is 0.312. The fourth-order valence-corrected chi connectivity index (χ4v) is 2.88. The Labute approximate surface area is 142 Å². The molecule has 0 saturated carbocycles. The molecule has 1 heterocycles. The number of halogens is 2. The highest BCUT2D eigenvalue weighted by atomic mass is 79.9. The van der Waals surface area contributed by atoms with Gasteiger partial charge in [0, 0.05) is 34.8 Å². The highest BCUT2D eigenvalue weighted by Crippen LogP contribution is 2.21. The molecular weight excluding hydrogens is 396 g/mol. The molecule has 1 amide bonds. The Morgan fingerprint density at radius 1 is 1.19 bits per heavy atom. The van der Waals surface area contributed by atoms with Crippen molar-refractivity contribution in [1.82, 2.24) is 9.47 Å². The van der Waals surface area contributed by atoms with E-state index in [1.54, 1.807) is 4.90 Å². The Morgan fingerprint density at radius 2 is 1.81 bits per heavy atom. The normalized spacial score (nSPS) is 11.0. The van der Waals surface area contributed by atoms with Gasteiger partial charge in [0.15, 0.2) is 0 Å². The van der Waals surface area contributed by atoms with Gasteiger partial charge in [0.25, 0.3) is 5.91 Å². The second kappa shape index (κ2) is 6.79. The number of benzene rings is 1. The van der Waals surface area contributed by atoms with E-state index in [0.717, 1.165) is 14.5 Å². The SMILES string of the molecule is CC(C)n1cc(Br)cc1C(=O)N(C)Cc1ccc(Br)cc1. The van der Waals surface area contributed by atoms with Crippen LogP contribution in [0.1, 0.15) is 35.9 Å². The standard InChI is InChI=1S/C16H18Br2N2O/c1-11(2)20-10-14(18)8-15(20)16(21)19(3)9-12-4-6-13(17)7-5-12/h4-8,10-11H,9H2,1-3H3. The zero-order chi connectivity index (χ0) is 15.6. The molecule has 0 N–H and O–H groups in total. The summed E-state index contributed by atoms with van der Waals surface area (Å²) in [4.78, 5) is 14.4. The Balaban J connectivity index is 2.17. The zero-order valence-corrected chi connectivity index (χ0v) is 15.5. The van der Waals surface area contributed by atoms with E-state index in [2.05, 4.69) is 45.7 Å². The van der Waals surface area contributed by atoms with Gasteiger partial charge in [-0.3, -0.25) is 4.79 Å². The first-order valence-corrected chi connectivity index (χ1v) is 8.34. The molecule has 1 aromatic heterocycles. The van der Waals surface area contributed by atoms with Gasteiger partial charge in [0.1, 0.15) is 5.69 Å². The molecule has 1 aromatic carbocycles. The summed E-state index contributed by atoms with van der Waals surface area (Å²) in [6.45, 7) is 4.73. The number of hydrogen-bond donors (Lipinski definition) is 0. The van der Waals surface area contributed by atoms with Crippen LogP contribution in [0.4, 0.5) is 0 Å². The summed E-state index contributed by atoms with van der Waals surface area (Å²) in [5.74, 6) is 0.0253. The first-order chi connectivity index (χ1) is 9.88. The summed E-state index contributed by atoms with van der Waals surface area (Å²) < 4.78 is 3.96. The number of carbonyl (C=O) groups is 1. The lowest BCUT2D eigenvalue weighted by Crippen LogP contribution is -2.28. The maximum Gasteiger partial charge on any atom is 0.270 e. The van der Waals surface area contributed by atoms with E-state index in [1.807, 2.05) is 48.1 Å². The van der Waals surface area contributed by atoms with Gasteiger partial charge < -0.3 is 9.47 Å². The molecule has 2 aromatic rings. The van der Waals surface area contributed by atoms with Crippen molar-refractivity contribution in [3.05, 3.63) is 56.7 Å². The number of amides is 1. The second-order valence-corrected chi connectivity index (χ2v) is 7.16. The number of rotatable bonds is 4. The minimum Gasteiger partial charge on any atom is -0.340 e. The van der Waals surface area contributed by atoms with E-state index in [1.165, 1.54) is 0 Å². The zero-order valence-electron chi connectivity index (χ0n) is 12.3. The van der Waals surface area contributed by atoms with Gasteiger partial charge in [-0.15, -0.1) is 0 Å². The quantitative estimate of drug-likeness (QED) is 0.702. The van der Waals surface area contributed by atoms with Crippen molar-refractivity contribution in [1.29, 1.82) is 0 Å². The van der Waals surface area contributed by atoms with Crippen LogP contribution in [-0.2, 0) is 6.54 Å². The second-order valence-electron chi connectivity index (χ2n) is 5.33. The molecule has 0 unspecified atom stereocenters. The summed E-state index contributed by atoms with van der Waals surface area (Å²) in [5.41, 5.74) is 1.81. The highest BCUT2D eigenvalue weighted by Gasteiger charge is 2.18. The Kier molecular flexibility index (Phi) is 5.27. The summed E-state index contributed by atoms with van der Waals surface area (Å²) in [6.07, 6.45) is 1.95. The van der Waals surface area contributed by atoms with Crippen molar-refractivity contribution in [2.45, 2.75) is 26.4 Å². The predicted octanol–water partition coefficient (Wildman–Crippen LogP) is 4.87. The summed E-state index contributed by atoms with van der Waals surface area (Å²) in [7, 11) is 1.83. The molecule has 21 heavy (non-hydrogen) atoms. The van der Waals surface area contributed by atoms with Crippen LogP contribution in [0.5, 0.6) is 0 Å². The number of carbonyl (C=O) groups excluding carboxylic acids is 1. The van der Waals surface area contributed by atoms with E-state index in [4.69, 9.17) is 0 Å². The lowest BCUT2D eigenvalue weighted by atomic mass is 10.2. The van der Waals surface area contributed by atoms with E-state index in [0.29, 0.717) is 12.2 Å². The maximum absolute atomic E-state index is 12.6. The monoisotopic (exact) mass is 412 g/mol. The highest BCUT2D eigenvalue weighted by molar-refractivity contribution is 9.10. The van der Waals surface area contributed by atoms with Gasteiger partial charge >= 0.3 is 0 Å². The van der Waals surface area contributed by atoms with Gasteiger partial charge in [-0.2, -0.15) is 0 Å². The topological polar surface area (TPSA) is 25.2 Å². The van der Waals surface area contributed by atoms with E-state index in [9.17, 15) is 4.79 Å². The van der Waals surface area contributed by atoms with E-state index in [-0.39, 0.29) is 11.9 Å². The van der Waals surface area contributed by atoms with Gasteiger partial charge in [-0.1, -0.05) is 28.1 Å². The predicted molar refractivity (Wildman–Crippen MR) is 92.5 cm³/mol. The van der Waals surface area contributed by atoms with Crippen molar-refractivity contribution in [3.8, 4) is 0 Å². The van der Waals surface area contributed by atoms with Crippen LogP contribution in [0, 0.1) is 0 Å². The molecule has 0 radical (unpaired) electrons. The Hall–Kier alpha value is -1.07. The third-order valence-corrected chi connectivity index (χ3v) is 4.23. The van der Waals surface area contributed by atoms with E-state index < -0.39 is 0 Å². The van der Waals surface area contributed by atoms with Crippen LogP contribution in [0.25, 0.3) is 0 Å². The molecule has 0 spiro atoms. The van der Waals surface area contributed by atoms with Gasteiger partial charge in [0.2, 0.25) is 0 Å². The van der Waals surface area contributed by atoms with Gasteiger partial charge in [-0.05, 0) is 53.5 Å². The Morgan fingerprint density at radius 3 is 2.38 bits per heavy atom. The fourth-order valence-electron chi connectivity index (χ4n) is 2.18. The Bertz CT molecular complexity index is 632. The smallest absolute Gasteiger partial charge is 0.270 e. The molecule has 0 bridgehead atoms. The van der Waals surface area contributed by atoms with Crippen LogP contribution in [0.15, 0.2) is 45.5 Å². The molecule has 0 atom stereocenters. The number of aromatic nitrogens is 1. The minimum absolute atomic E-state index is 0.0253. The molecule has 0 fully saturated rings. The summed E-state index contributed by atoms with van der Waals surface area (Å²) >= 11 is 6.86. The van der Waals surface area contributed by atoms with Crippen molar-refractivity contribution < 1.29 is 4.79 Å².